The minimum Gasteiger partial charge on any atom is -0.481 e. The van der Waals surface area contributed by atoms with Gasteiger partial charge >= 0.3 is 6.18 Å². The quantitative estimate of drug-likeness (QED) is 0.602. The topological polar surface area (TPSA) is 68.5 Å². The largest absolute Gasteiger partial charge is 0.481 e. The van der Waals surface area contributed by atoms with Crippen molar-refractivity contribution in [2.45, 2.75) is 51.9 Å². The second kappa shape index (κ2) is 8.37. The lowest BCUT2D eigenvalue weighted by Gasteiger charge is -2.20. The molecule has 0 spiro atoms. The maximum atomic E-state index is 13.2. The van der Waals surface area contributed by atoms with Crippen molar-refractivity contribution in [3.05, 3.63) is 58.5 Å². The van der Waals surface area contributed by atoms with E-state index in [9.17, 15) is 18.0 Å². The highest BCUT2D eigenvalue weighted by molar-refractivity contribution is 6.30. The zero-order valence-corrected chi connectivity index (χ0v) is 18.2. The Morgan fingerprint density at radius 2 is 1.84 bits per heavy atom. The summed E-state index contributed by atoms with van der Waals surface area (Å²) in [7, 11) is 0. The third kappa shape index (κ3) is 5.28. The SMILES string of the molecule is CC(Oc1ccc(C(C)(C)C)cc1)C(=O)NCc1nnc2c(C(F)(F)F)cc(Cl)cn12. The van der Waals surface area contributed by atoms with Crippen LogP contribution in [0, 0.1) is 0 Å². The number of rotatable bonds is 5. The Morgan fingerprint density at radius 1 is 1.19 bits per heavy atom. The van der Waals surface area contributed by atoms with Gasteiger partial charge in [0.05, 0.1) is 11.6 Å². The number of nitrogens with zero attached hydrogens (tertiary/aromatic N) is 3. The summed E-state index contributed by atoms with van der Waals surface area (Å²) in [5, 5.41) is 9.83. The number of carbonyl (C=O) groups excluding carboxylic acids is 1. The van der Waals surface area contributed by atoms with Crippen molar-refractivity contribution < 1.29 is 22.7 Å². The van der Waals surface area contributed by atoms with E-state index in [-0.39, 0.29) is 28.5 Å². The van der Waals surface area contributed by atoms with Crippen molar-refractivity contribution in [2.24, 2.45) is 0 Å². The van der Waals surface area contributed by atoms with Crippen LogP contribution >= 0.6 is 11.6 Å². The number of amides is 1. The molecule has 1 amide bonds. The van der Waals surface area contributed by atoms with Crippen molar-refractivity contribution in [3.63, 3.8) is 0 Å². The normalized spacial score (nSPS) is 13.3. The van der Waals surface area contributed by atoms with Crippen LogP contribution in [0.2, 0.25) is 5.02 Å². The number of alkyl halides is 3. The maximum Gasteiger partial charge on any atom is 0.420 e. The number of aromatic nitrogens is 3. The van der Waals surface area contributed by atoms with Gasteiger partial charge in [-0.25, -0.2) is 0 Å². The van der Waals surface area contributed by atoms with Gasteiger partial charge in [0.1, 0.15) is 11.3 Å². The molecule has 0 bridgehead atoms. The van der Waals surface area contributed by atoms with E-state index < -0.39 is 23.8 Å². The maximum absolute atomic E-state index is 13.2. The van der Waals surface area contributed by atoms with E-state index >= 15 is 0 Å². The molecule has 3 rings (SSSR count). The summed E-state index contributed by atoms with van der Waals surface area (Å²) in [5.74, 6) is 0.193. The number of carbonyl (C=O) groups is 1. The number of halogens is 4. The van der Waals surface area contributed by atoms with Crippen molar-refractivity contribution in [3.8, 4) is 5.75 Å². The highest BCUT2D eigenvalue weighted by Crippen LogP contribution is 2.33. The molecule has 1 N–H and O–H groups in total. The van der Waals surface area contributed by atoms with Gasteiger partial charge in [0.25, 0.3) is 5.91 Å². The highest BCUT2D eigenvalue weighted by atomic mass is 35.5. The molecule has 0 aliphatic carbocycles. The van der Waals surface area contributed by atoms with E-state index in [1.807, 2.05) is 12.1 Å². The summed E-state index contributed by atoms with van der Waals surface area (Å²) in [6.45, 7) is 7.72. The monoisotopic (exact) mass is 454 g/mol. The standard InChI is InChI=1S/C21H22ClF3N4O2/c1-12(31-15-7-5-13(6-8-15)20(2,3)4)19(30)26-10-17-27-28-18-16(21(23,24)25)9-14(22)11-29(17)18/h5-9,11-12H,10H2,1-4H3,(H,26,30). The smallest absolute Gasteiger partial charge is 0.420 e. The van der Waals surface area contributed by atoms with Crippen molar-refractivity contribution in [2.75, 3.05) is 0 Å². The first-order valence-electron chi connectivity index (χ1n) is 9.51. The second-order valence-electron chi connectivity index (χ2n) is 8.13. The molecule has 1 unspecified atom stereocenters. The van der Waals surface area contributed by atoms with Crippen LogP contribution in [0.1, 0.15) is 44.6 Å². The molecule has 0 aliphatic rings. The van der Waals surface area contributed by atoms with E-state index in [1.54, 1.807) is 19.1 Å². The number of benzene rings is 1. The van der Waals surface area contributed by atoms with Crippen LogP contribution in [0.5, 0.6) is 5.75 Å². The molecule has 0 fully saturated rings. The second-order valence-corrected chi connectivity index (χ2v) is 8.57. The van der Waals surface area contributed by atoms with Crippen LogP contribution in [-0.4, -0.2) is 26.6 Å². The van der Waals surface area contributed by atoms with Crippen molar-refractivity contribution in [1.82, 2.24) is 19.9 Å². The molecule has 166 valence electrons. The fourth-order valence-electron chi connectivity index (χ4n) is 2.94. The Labute approximate surface area is 182 Å². The van der Waals surface area contributed by atoms with Gasteiger partial charge in [0, 0.05) is 6.20 Å². The summed E-state index contributed by atoms with van der Waals surface area (Å²) in [4.78, 5) is 12.4. The summed E-state index contributed by atoms with van der Waals surface area (Å²) in [6, 6.07) is 8.23. The molecule has 1 aromatic carbocycles. The average Bonchev–Trinajstić information content (AvgIpc) is 3.06. The minimum absolute atomic E-state index is 0.00257. The Hall–Kier alpha value is -2.81. The van der Waals surface area contributed by atoms with E-state index in [0.717, 1.165) is 16.0 Å². The molecule has 2 heterocycles. The van der Waals surface area contributed by atoms with Gasteiger partial charge in [-0.2, -0.15) is 13.2 Å². The van der Waals surface area contributed by atoms with Gasteiger partial charge < -0.3 is 10.1 Å². The molecule has 0 saturated heterocycles. The molecule has 0 aliphatic heterocycles. The van der Waals surface area contributed by atoms with Gasteiger partial charge in [0.2, 0.25) is 0 Å². The number of nitrogens with one attached hydrogen (secondary N) is 1. The van der Waals surface area contributed by atoms with Crippen molar-refractivity contribution >= 4 is 23.2 Å². The molecule has 0 saturated carbocycles. The van der Waals surface area contributed by atoms with E-state index in [4.69, 9.17) is 16.3 Å². The number of hydrogen-bond acceptors (Lipinski definition) is 4. The number of ether oxygens (including phenoxy) is 1. The molecule has 6 nitrogen and oxygen atoms in total. The zero-order valence-electron chi connectivity index (χ0n) is 17.4. The van der Waals surface area contributed by atoms with Gasteiger partial charge in [-0.1, -0.05) is 44.5 Å². The first-order chi connectivity index (χ1) is 14.4. The van der Waals surface area contributed by atoms with E-state index in [2.05, 4.69) is 36.3 Å². The van der Waals surface area contributed by atoms with Gasteiger partial charge in [-0.05, 0) is 36.1 Å². The lowest BCUT2D eigenvalue weighted by molar-refractivity contribution is -0.136. The summed E-state index contributed by atoms with van der Waals surface area (Å²) in [6.07, 6.45) is -4.19. The summed E-state index contributed by atoms with van der Waals surface area (Å²) >= 11 is 5.82. The van der Waals surface area contributed by atoms with Crippen LogP contribution in [0.4, 0.5) is 13.2 Å². The first-order valence-corrected chi connectivity index (χ1v) is 9.89. The summed E-state index contributed by atoms with van der Waals surface area (Å²) in [5.41, 5.74) is -0.255. The molecule has 3 aromatic rings. The first kappa shape index (κ1) is 22.9. The lowest BCUT2D eigenvalue weighted by Crippen LogP contribution is -2.36. The van der Waals surface area contributed by atoms with Crippen LogP contribution in [-0.2, 0) is 22.9 Å². The number of hydrogen-bond donors (Lipinski definition) is 1. The number of pyridine rings is 1. The van der Waals surface area contributed by atoms with E-state index in [1.165, 1.54) is 6.20 Å². The van der Waals surface area contributed by atoms with E-state index in [0.29, 0.717) is 5.75 Å². The Morgan fingerprint density at radius 3 is 2.42 bits per heavy atom. The van der Waals surface area contributed by atoms with Crippen LogP contribution < -0.4 is 10.1 Å². The minimum atomic E-state index is -4.63. The van der Waals surface area contributed by atoms with Crippen LogP contribution in [0.15, 0.2) is 36.5 Å². The molecule has 1 atom stereocenters. The zero-order chi connectivity index (χ0) is 23.0. The van der Waals surface area contributed by atoms with Gasteiger partial charge in [0.15, 0.2) is 17.6 Å². The fourth-order valence-corrected chi connectivity index (χ4v) is 3.14. The summed E-state index contributed by atoms with van der Waals surface area (Å²) < 4.78 is 46.4. The predicted molar refractivity (Wildman–Crippen MR) is 110 cm³/mol. The van der Waals surface area contributed by atoms with Crippen LogP contribution in [0.3, 0.4) is 0 Å². The predicted octanol–water partition coefficient (Wildman–Crippen LogP) is 4.78. The Balaban J connectivity index is 1.68. The van der Waals surface area contributed by atoms with Crippen molar-refractivity contribution in [1.29, 1.82) is 0 Å². The molecular weight excluding hydrogens is 433 g/mol. The average molecular weight is 455 g/mol. The fraction of sp³-hybridized carbons (Fsp3) is 0.381. The lowest BCUT2D eigenvalue weighted by atomic mass is 9.87. The molecular formula is C21H22ClF3N4O2. The molecule has 10 heteroatoms. The molecule has 0 radical (unpaired) electrons. The third-order valence-electron chi connectivity index (χ3n) is 4.67. The van der Waals surface area contributed by atoms with Gasteiger partial charge in [-0.3, -0.25) is 9.20 Å². The third-order valence-corrected chi connectivity index (χ3v) is 4.88. The molecule has 31 heavy (non-hydrogen) atoms. The Kier molecular flexibility index (Phi) is 6.18. The van der Waals surface area contributed by atoms with Crippen LogP contribution in [0.25, 0.3) is 5.65 Å². The molecule has 2 aromatic heterocycles. The van der Waals surface area contributed by atoms with Gasteiger partial charge in [-0.15, -0.1) is 10.2 Å². The highest BCUT2D eigenvalue weighted by Gasteiger charge is 2.35. The number of fused-ring (bicyclic) bond motifs is 1. The Bertz CT molecular complexity index is 1090.